The van der Waals surface area contributed by atoms with Gasteiger partial charge in [-0.15, -0.1) is 0 Å². The van der Waals surface area contributed by atoms with Crippen LogP contribution in [0.3, 0.4) is 0 Å². The summed E-state index contributed by atoms with van der Waals surface area (Å²) in [5.74, 6) is 0.579. The second kappa shape index (κ2) is 15.8. The number of rotatable bonds is 10. The van der Waals surface area contributed by atoms with Gasteiger partial charge < -0.3 is 24.6 Å². The first-order valence-corrected chi connectivity index (χ1v) is 19.8. The Kier molecular flexibility index (Phi) is 10.6. The number of fused-ring (bicyclic) bond motifs is 1. The molecule has 13 nitrogen and oxygen atoms in total. The van der Waals surface area contributed by atoms with Crippen LogP contribution in [-0.4, -0.2) is 118 Å². The molecule has 4 fully saturated rings. The Morgan fingerprint density at radius 1 is 0.870 bits per heavy atom. The molecule has 284 valence electrons. The van der Waals surface area contributed by atoms with Crippen LogP contribution in [-0.2, 0) is 16.0 Å². The summed E-state index contributed by atoms with van der Waals surface area (Å²) in [6.07, 6.45) is 12.4. The van der Waals surface area contributed by atoms with Gasteiger partial charge in [-0.2, -0.15) is 4.98 Å². The van der Waals surface area contributed by atoms with Crippen molar-refractivity contribution in [2.75, 3.05) is 70.1 Å². The van der Waals surface area contributed by atoms with Crippen molar-refractivity contribution in [2.45, 2.75) is 75.8 Å². The van der Waals surface area contributed by atoms with Crippen molar-refractivity contribution in [3.63, 3.8) is 0 Å². The summed E-state index contributed by atoms with van der Waals surface area (Å²) >= 11 is 0. The molecule has 0 spiro atoms. The van der Waals surface area contributed by atoms with Gasteiger partial charge in [0.15, 0.2) is 0 Å². The van der Waals surface area contributed by atoms with Crippen LogP contribution in [0.5, 0.6) is 0 Å². The zero-order valence-corrected chi connectivity index (χ0v) is 31.5. The smallest absolute Gasteiger partial charge is 0.270 e. The molecule has 3 aliphatic heterocycles. The van der Waals surface area contributed by atoms with Gasteiger partial charge in [-0.3, -0.25) is 24.6 Å². The number of carbonyl (C=O) groups is 3. The number of anilines is 3. The minimum atomic E-state index is -0.235. The third-order valence-corrected chi connectivity index (χ3v) is 12.0. The van der Waals surface area contributed by atoms with Crippen LogP contribution in [0, 0.1) is 0 Å². The van der Waals surface area contributed by atoms with E-state index in [1.54, 1.807) is 25.2 Å². The van der Waals surface area contributed by atoms with Crippen molar-refractivity contribution in [1.29, 1.82) is 0 Å². The van der Waals surface area contributed by atoms with E-state index in [-0.39, 0.29) is 29.7 Å². The van der Waals surface area contributed by atoms with Crippen LogP contribution in [0.4, 0.5) is 17.5 Å². The van der Waals surface area contributed by atoms with E-state index in [2.05, 4.69) is 70.2 Å². The first kappa shape index (κ1) is 36.1. The van der Waals surface area contributed by atoms with Crippen LogP contribution >= 0.6 is 0 Å². The van der Waals surface area contributed by atoms with Gasteiger partial charge in [-0.1, -0.05) is 31.0 Å². The molecule has 1 unspecified atom stereocenters. The van der Waals surface area contributed by atoms with Crippen molar-refractivity contribution in [2.24, 2.45) is 0 Å². The summed E-state index contributed by atoms with van der Waals surface area (Å²) in [6, 6.07) is 15.3. The molecule has 1 saturated carbocycles. The van der Waals surface area contributed by atoms with E-state index in [1.807, 2.05) is 18.3 Å². The molecule has 1 aromatic carbocycles. The maximum Gasteiger partial charge on any atom is 0.270 e. The van der Waals surface area contributed by atoms with E-state index in [0.717, 1.165) is 94.5 Å². The number of carbonyl (C=O) groups excluding carboxylic acids is 3. The summed E-state index contributed by atoms with van der Waals surface area (Å²) < 4.78 is 2.13. The van der Waals surface area contributed by atoms with Gasteiger partial charge in [0.1, 0.15) is 17.2 Å². The van der Waals surface area contributed by atoms with Crippen LogP contribution < -0.4 is 15.5 Å². The minimum Gasteiger partial charge on any atom is -0.371 e. The summed E-state index contributed by atoms with van der Waals surface area (Å²) in [7, 11) is 3.58. The molecule has 3 saturated heterocycles. The highest BCUT2D eigenvalue weighted by Gasteiger charge is 2.30. The van der Waals surface area contributed by atoms with E-state index in [4.69, 9.17) is 4.98 Å². The van der Waals surface area contributed by atoms with Gasteiger partial charge in [0.05, 0.1) is 5.92 Å². The van der Waals surface area contributed by atoms with Gasteiger partial charge in [0.2, 0.25) is 17.8 Å². The molecule has 1 aliphatic carbocycles. The summed E-state index contributed by atoms with van der Waals surface area (Å²) in [5, 5.41) is 6.64. The fourth-order valence-corrected chi connectivity index (χ4v) is 8.81. The minimum absolute atomic E-state index is 0.0138. The van der Waals surface area contributed by atoms with Gasteiger partial charge in [-0.05, 0) is 73.9 Å². The van der Waals surface area contributed by atoms with Crippen LogP contribution in [0.2, 0.25) is 0 Å². The van der Waals surface area contributed by atoms with Crippen molar-refractivity contribution in [1.82, 2.24) is 39.5 Å². The molecule has 6 heterocycles. The number of nitrogens with one attached hydrogen (secondary N) is 2. The number of piperazine rings is 1. The number of hydrogen-bond acceptors (Lipinski definition) is 10. The normalized spacial score (nSPS) is 20.8. The van der Waals surface area contributed by atoms with Crippen molar-refractivity contribution in [3.05, 3.63) is 71.7 Å². The van der Waals surface area contributed by atoms with Crippen molar-refractivity contribution < 1.29 is 14.4 Å². The van der Waals surface area contributed by atoms with Gasteiger partial charge in [-0.25, -0.2) is 9.97 Å². The van der Waals surface area contributed by atoms with Gasteiger partial charge in [0, 0.05) is 102 Å². The molecule has 4 aromatic rings. The quantitative estimate of drug-likeness (QED) is 0.221. The number of nitrogens with zero attached hydrogens (tertiary/aromatic N) is 8. The molecule has 13 heteroatoms. The highest BCUT2D eigenvalue weighted by molar-refractivity contribution is 6.01. The second-order valence-electron chi connectivity index (χ2n) is 15.6. The molecule has 1 atom stereocenters. The lowest BCUT2D eigenvalue weighted by Gasteiger charge is -2.43. The average molecular weight is 733 g/mol. The Labute approximate surface area is 317 Å². The van der Waals surface area contributed by atoms with Gasteiger partial charge in [0.25, 0.3) is 5.91 Å². The average Bonchev–Trinajstić information content (AvgIpc) is 3.86. The lowest BCUT2D eigenvalue weighted by atomic mass is 9.90. The highest BCUT2D eigenvalue weighted by atomic mass is 16.2. The number of aromatic nitrogens is 4. The van der Waals surface area contributed by atoms with Crippen LogP contribution in [0.1, 0.15) is 84.9 Å². The summed E-state index contributed by atoms with van der Waals surface area (Å²) in [6.45, 7) is 7.46. The molecule has 8 rings (SSSR count). The zero-order chi connectivity index (χ0) is 37.2. The maximum absolute atomic E-state index is 13.0. The molecular weight excluding hydrogens is 681 g/mol. The van der Waals surface area contributed by atoms with Crippen molar-refractivity contribution >= 4 is 46.2 Å². The number of amides is 3. The number of imide groups is 1. The van der Waals surface area contributed by atoms with Gasteiger partial charge >= 0.3 is 0 Å². The van der Waals surface area contributed by atoms with E-state index in [1.165, 1.54) is 24.1 Å². The molecule has 3 amide bonds. The third-order valence-electron chi connectivity index (χ3n) is 12.0. The molecule has 0 bridgehead atoms. The Morgan fingerprint density at radius 3 is 2.31 bits per heavy atom. The van der Waals surface area contributed by atoms with E-state index >= 15 is 0 Å². The molecule has 2 N–H and O–H groups in total. The molecule has 4 aliphatic rings. The Balaban J connectivity index is 0.789. The zero-order valence-electron chi connectivity index (χ0n) is 31.5. The number of benzene rings is 1. The topological polar surface area (TPSA) is 132 Å². The Hall–Kier alpha value is -4.88. The fourth-order valence-electron chi connectivity index (χ4n) is 8.81. The second-order valence-corrected chi connectivity index (χ2v) is 15.6. The maximum atomic E-state index is 13.0. The molecule has 54 heavy (non-hydrogen) atoms. The molecule has 3 aromatic heterocycles. The molecular formula is C41H52N10O3. The van der Waals surface area contributed by atoms with E-state index < -0.39 is 0 Å². The van der Waals surface area contributed by atoms with E-state index in [9.17, 15) is 14.4 Å². The summed E-state index contributed by atoms with van der Waals surface area (Å²) in [5.41, 5.74) is 4.87. The van der Waals surface area contributed by atoms with E-state index in [0.29, 0.717) is 36.3 Å². The lowest BCUT2D eigenvalue weighted by Crippen LogP contribution is -2.53. The Morgan fingerprint density at radius 2 is 1.63 bits per heavy atom. The largest absolute Gasteiger partial charge is 0.371 e. The fraction of sp³-hybridized carbons (Fsp3) is 0.512. The lowest BCUT2D eigenvalue weighted by molar-refractivity contribution is -0.134. The number of piperidine rings is 2. The SMILES string of the molecule is CN(C)C(=O)c1cc2cnc(Nc3ccc(CCN4CCN(C5CCN(c6ccc(C7CCC(=O)NC7=O)cc6)CC5)CC4)cn3)nc2n1C1CCCC1. The Bertz CT molecular complexity index is 1960. The van der Waals surface area contributed by atoms with Crippen LogP contribution in [0.25, 0.3) is 11.0 Å². The van der Waals surface area contributed by atoms with Crippen molar-refractivity contribution in [3.8, 4) is 0 Å². The predicted octanol–water partition coefficient (Wildman–Crippen LogP) is 4.74. The molecule has 0 radical (unpaired) electrons. The standard InChI is InChI=1S/C41H52N10O3/c1-47(2)40(54)35-25-30-27-43-41(46-38(30)51(35)33-5-3-4-6-33)44-36-13-7-28(26-42-36)15-18-48-21-23-50(24-22-48)32-16-19-49(20-17-32)31-10-8-29(9-11-31)34-12-14-37(52)45-39(34)53/h7-11,13,25-27,32-34H,3-6,12,14-24H2,1-2H3,(H,45,52,53)(H,42,43,44,46). The summed E-state index contributed by atoms with van der Waals surface area (Å²) in [4.78, 5) is 60.3. The number of hydrogen-bond donors (Lipinski definition) is 2. The third kappa shape index (κ3) is 7.83. The first-order valence-electron chi connectivity index (χ1n) is 19.8. The monoisotopic (exact) mass is 732 g/mol. The predicted molar refractivity (Wildman–Crippen MR) is 209 cm³/mol. The first-order chi connectivity index (χ1) is 26.3. The van der Waals surface area contributed by atoms with Crippen LogP contribution in [0.15, 0.2) is 54.9 Å². The highest BCUT2D eigenvalue weighted by Crippen LogP contribution is 2.35. The number of pyridine rings is 1.